The molecule has 14 heavy (non-hydrogen) atoms. The molecule has 1 aliphatic heterocycles. The summed E-state index contributed by atoms with van der Waals surface area (Å²) in [6, 6.07) is 0. The third-order valence-corrected chi connectivity index (χ3v) is 2.30. The second-order valence-corrected chi connectivity index (χ2v) is 3.41. The molecule has 1 saturated heterocycles. The van der Waals surface area contributed by atoms with Crippen molar-refractivity contribution >= 4 is 5.69 Å². The van der Waals surface area contributed by atoms with Crippen molar-refractivity contribution in [3.8, 4) is 0 Å². The summed E-state index contributed by atoms with van der Waals surface area (Å²) in [5.74, 6) is 0.439. The molecule has 2 heterocycles. The molecule has 1 aromatic rings. The fourth-order valence-corrected chi connectivity index (χ4v) is 1.54. The standard InChI is InChI=1S/C8H11N3O3/c12-11(13)8-3-9-10(5-8)4-7-1-2-14-6-7/h3,5,7H,1-2,4,6H2/t7-/m0/s1. The van der Waals surface area contributed by atoms with Crippen LogP contribution in [0.1, 0.15) is 6.42 Å². The summed E-state index contributed by atoms with van der Waals surface area (Å²) >= 11 is 0. The summed E-state index contributed by atoms with van der Waals surface area (Å²) in [6.45, 7) is 2.22. The monoisotopic (exact) mass is 197 g/mol. The summed E-state index contributed by atoms with van der Waals surface area (Å²) in [4.78, 5) is 9.94. The van der Waals surface area contributed by atoms with Crippen LogP contribution in [0.15, 0.2) is 12.4 Å². The molecular weight excluding hydrogens is 186 g/mol. The lowest BCUT2D eigenvalue weighted by molar-refractivity contribution is -0.385. The molecule has 0 amide bonds. The fraction of sp³-hybridized carbons (Fsp3) is 0.625. The Morgan fingerprint density at radius 1 is 1.79 bits per heavy atom. The second-order valence-electron chi connectivity index (χ2n) is 3.41. The van der Waals surface area contributed by atoms with E-state index in [0.717, 1.165) is 19.6 Å². The topological polar surface area (TPSA) is 70.2 Å². The Balaban J connectivity index is 1.98. The van der Waals surface area contributed by atoms with Crippen LogP contribution in [-0.4, -0.2) is 27.9 Å². The van der Waals surface area contributed by atoms with E-state index in [1.54, 1.807) is 4.68 Å². The van der Waals surface area contributed by atoms with Crippen molar-refractivity contribution in [1.82, 2.24) is 9.78 Å². The molecule has 0 unspecified atom stereocenters. The lowest BCUT2D eigenvalue weighted by Gasteiger charge is -2.05. The molecule has 2 rings (SSSR count). The quantitative estimate of drug-likeness (QED) is 0.531. The average Bonchev–Trinajstić information content (AvgIpc) is 2.75. The van der Waals surface area contributed by atoms with Crippen molar-refractivity contribution in [2.24, 2.45) is 5.92 Å². The van der Waals surface area contributed by atoms with E-state index in [-0.39, 0.29) is 5.69 Å². The second kappa shape index (κ2) is 3.75. The van der Waals surface area contributed by atoms with Crippen molar-refractivity contribution in [2.75, 3.05) is 13.2 Å². The molecule has 0 bridgehead atoms. The minimum Gasteiger partial charge on any atom is -0.381 e. The number of nitrogens with zero attached hydrogens (tertiary/aromatic N) is 3. The Bertz CT molecular complexity index is 330. The summed E-state index contributed by atoms with van der Waals surface area (Å²) in [5.41, 5.74) is 0.0453. The van der Waals surface area contributed by atoms with E-state index >= 15 is 0 Å². The van der Waals surface area contributed by atoms with Gasteiger partial charge in [-0.1, -0.05) is 0 Å². The first-order chi connectivity index (χ1) is 6.75. The third-order valence-electron chi connectivity index (χ3n) is 2.30. The van der Waals surface area contributed by atoms with Crippen molar-refractivity contribution in [2.45, 2.75) is 13.0 Å². The van der Waals surface area contributed by atoms with Crippen LogP contribution in [0.4, 0.5) is 5.69 Å². The summed E-state index contributed by atoms with van der Waals surface area (Å²) in [6.07, 6.45) is 3.74. The molecule has 76 valence electrons. The van der Waals surface area contributed by atoms with E-state index < -0.39 is 4.92 Å². The van der Waals surface area contributed by atoms with Gasteiger partial charge in [-0.05, 0) is 6.42 Å². The third kappa shape index (κ3) is 1.90. The van der Waals surface area contributed by atoms with E-state index in [2.05, 4.69) is 5.10 Å². The first kappa shape index (κ1) is 9.14. The van der Waals surface area contributed by atoms with E-state index in [1.165, 1.54) is 12.4 Å². The van der Waals surface area contributed by atoms with Crippen LogP contribution >= 0.6 is 0 Å². The maximum atomic E-state index is 10.4. The SMILES string of the molecule is O=[N+]([O-])c1cnn(C[C@@H]2CCOC2)c1. The Hall–Kier alpha value is -1.43. The zero-order valence-corrected chi connectivity index (χ0v) is 7.63. The van der Waals surface area contributed by atoms with Gasteiger partial charge in [-0.2, -0.15) is 5.10 Å². The van der Waals surface area contributed by atoms with Crippen molar-refractivity contribution in [3.63, 3.8) is 0 Å². The molecule has 1 aliphatic rings. The molecule has 0 aromatic carbocycles. The van der Waals surface area contributed by atoms with Gasteiger partial charge < -0.3 is 4.74 Å². The zero-order valence-electron chi connectivity index (χ0n) is 7.63. The van der Waals surface area contributed by atoms with Crippen LogP contribution < -0.4 is 0 Å². The van der Waals surface area contributed by atoms with E-state index in [1.807, 2.05) is 0 Å². The van der Waals surface area contributed by atoms with E-state index in [9.17, 15) is 10.1 Å². The van der Waals surface area contributed by atoms with Gasteiger partial charge >= 0.3 is 5.69 Å². The molecule has 0 N–H and O–H groups in total. The van der Waals surface area contributed by atoms with Gasteiger partial charge in [0.05, 0.1) is 11.5 Å². The molecular formula is C8H11N3O3. The van der Waals surface area contributed by atoms with Gasteiger partial charge in [-0.25, -0.2) is 0 Å². The van der Waals surface area contributed by atoms with Gasteiger partial charge in [-0.15, -0.1) is 0 Å². The fourth-order valence-electron chi connectivity index (χ4n) is 1.54. The molecule has 0 radical (unpaired) electrons. The highest BCUT2D eigenvalue weighted by Gasteiger charge is 2.17. The first-order valence-corrected chi connectivity index (χ1v) is 4.50. The van der Waals surface area contributed by atoms with Crippen LogP contribution in [0.2, 0.25) is 0 Å². The predicted octanol–water partition coefficient (Wildman–Crippen LogP) is 0.828. The van der Waals surface area contributed by atoms with E-state index in [4.69, 9.17) is 4.74 Å². The van der Waals surface area contributed by atoms with Gasteiger partial charge in [0.2, 0.25) is 0 Å². The Morgan fingerprint density at radius 2 is 2.64 bits per heavy atom. The van der Waals surface area contributed by atoms with Gasteiger partial charge in [-0.3, -0.25) is 14.8 Å². The van der Waals surface area contributed by atoms with Gasteiger partial charge in [0.1, 0.15) is 12.4 Å². The molecule has 0 spiro atoms. The van der Waals surface area contributed by atoms with Crippen LogP contribution in [0.25, 0.3) is 0 Å². The van der Waals surface area contributed by atoms with Crippen molar-refractivity contribution in [3.05, 3.63) is 22.5 Å². The number of ether oxygens (including phenoxy) is 1. The minimum atomic E-state index is -0.436. The number of rotatable bonds is 3. The Labute approximate surface area is 80.6 Å². The van der Waals surface area contributed by atoms with Crippen LogP contribution in [0.5, 0.6) is 0 Å². The number of hydrogen-bond acceptors (Lipinski definition) is 4. The first-order valence-electron chi connectivity index (χ1n) is 4.50. The zero-order chi connectivity index (χ0) is 9.97. The molecule has 1 fully saturated rings. The highest BCUT2D eigenvalue weighted by molar-refractivity contribution is 5.20. The lowest BCUT2D eigenvalue weighted by Crippen LogP contribution is -2.10. The maximum absolute atomic E-state index is 10.4. The average molecular weight is 197 g/mol. The van der Waals surface area contributed by atoms with Crippen molar-refractivity contribution < 1.29 is 9.66 Å². The summed E-state index contributed by atoms with van der Waals surface area (Å²) in [7, 11) is 0. The normalized spacial score (nSPS) is 21.3. The van der Waals surface area contributed by atoms with Crippen LogP contribution in [0, 0.1) is 16.0 Å². The summed E-state index contributed by atoms with van der Waals surface area (Å²) in [5, 5.41) is 14.3. The van der Waals surface area contributed by atoms with Gasteiger partial charge in [0.15, 0.2) is 0 Å². The molecule has 0 aliphatic carbocycles. The molecule has 1 aromatic heterocycles. The van der Waals surface area contributed by atoms with Crippen molar-refractivity contribution in [1.29, 1.82) is 0 Å². The van der Waals surface area contributed by atoms with Gasteiger partial charge in [0.25, 0.3) is 0 Å². The molecule has 1 atom stereocenters. The van der Waals surface area contributed by atoms with Crippen LogP contribution in [-0.2, 0) is 11.3 Å². The smallest absolute Gasteiger partial charge is 0.306 e. The largest absolute Gasteiger partial charge is 0.381 e. The van der Waals surface area contributed by atoms with E-state index in [0.29, 0.717) is 12.5 Å². The summed E-state index contributed by atoms with van der Waals surface area (Å²) < 4.78 is 6.82. The maximum Gasteiger partial charge on any atom is 0.306 e. The number of hydrogen-bond donors (Lipinski definition) is 0. The number of nitro groups is 1. The van der Waals surface area contributed by atoms with Gasteiger partial charge in [0, 0.05) is 19.1 Å². The van der Waals surface area contributed by atoms with Crippen LogP contribution in [0.3, 0.4) is 0 Å². The minimum absolute atomic E-state index is 0.0453. The predicted molar refractivity (Wildman–Crippen MR) is 47.8 cm³/mol. The lowest BCUT2D eigenvalue weighted by atomic mass is 10.1. The Morgan fingerprint density at radius 3 is 3.21 bits per heavy atom. The molecule has 0 saturated carbocycles. The molecule has 6 heteroatoms. The Kier molecular flexibility index (Phi) is 2.45. The number of aromatic nitrogens is 2. The molecule has 6 nitrogen and oxygen atoms in total. The highest BCUT2D eigenvalue weighted by Crippen LogP contribution is 2.16. The highest BCUT2D eigenvalue weighted by atomic mass is 16.6.